The van der Waals surface area contributed by atoms with E-state index in [1.165, 1.54) is 0 Å². The Bertz CT molecular complexity index is 90.0. The van der Waals surface area contributed by atoms with Crippen LogP contribution in [0.4, 0.5) is 0 Å². The third-order valence-electron chi connectivity index (χ3n) is 0.155. The van der Waals surface area contributed by atoms with Crippen molar-refractivity contribution in [2.24, 2.45) is 0 Å². The minimum absolute atomic E-state index is 0.250. The molecule has 3 nitrogen and oxygen atoms in total. The molecule has 5 heteroatoms. The smallest absolute Gasteiger partial charge is 0.304 e. The molecule has 0 bridgehead atoms. The van der Waals surface area contributed by atoms with Crippen LogP contribution in [0, 0.1) is 0 Å². The van der Waals surface area contributed by atoms with E-state index in [2.05, 4.69) is 23.2 Å². The Labute approximate surface area is 62.6 Å². The second-order valence-electron chi connectivity index (χ2n) is 0.864. The molecule has 9 heavy (non-hydrogen) atoms. The van der Waals surface area contributed by atoms with Gasteiger partial charge in [0, 0.05) is 6.61 Å². The Hall–Kier alpha value is -0.120. The van der Waals surface area contributed by atoms with E-state index in [1.807, 2.05) is 0 Å². The molecular weight excluding hydrogens is 167 g/mol. The van der Waals surface area contributed by atoms with Crippen molar-refractivity contribution in [2.75, 3.05) is 6.61 Å². The fraction of sp³-hybridized carbons (Fsp3) is 0.500. The molecule has 0 spiro atoms. The molecule has 1 N–H and O–H groups in total. The van der Waals surface area contributed by atoms with E-state index in [1.54, 1.807) is 6.92 Å². The second kappa shape index (κ2) is 7.88. The van der Waals surface area contributed by atoms with Crippen LogP contribution in [0.15, 0.2) is 0 Å². The molecule has 54 valence electrons. The maximum Gasteiger partial charge on any atom is 0.304 e. The molecule has 0 unspecified atom stereocenters. The summed E-state index contributed by atoms with van der Waals surface area (Å²) in [6.45, 7) is 1.93. The highest BCUT2D eigenvalue weighted by Crippen LogP contribution is 1.84. The van der Waals surface area contributed by atoms with Crippen LogP contribution in [0.3, 0.4) is 0 Å². The third-order valence-corrected chi connectivity index (χ3v) is 0.595. The van der Waals surface area contributed by atoms with Crippen molar-refractivity contribution in [1.29, 1.82) is 0 Å². The Morgan fingerprint density at radius 2 is 1.44 bits per heavy atom. The lowest BCUT2D eigenvalue weighted by Gasteiger charge is -1.67. The van der Waals surface area contributed by atoms with Gasteiger partial charge in [-0.1, -0.05) is 0 Å². The summed E-state index contributed by atoms with van der Waals surface area (Å²) < 4.78 is 0. The summed E-state index contributed by atoms with van der Waals surface area (Å²) in [7, 11) is 0. The Morgan fingerprint density at radius 1 is 1.33 bits per heavy atom. The molecule has 0 aliphatic heterocycles. The first-order chi connectivity index (χ1) is 4.06. The van der Waals surface area contributed by atoms with Crippen LogP contribution in [-0.2, 0) is 9.59 Å². The lowest BCUT2D eigenvalue weighted by molar-refractivity contribution is -0.127. The largest absolute Gasteiger partial charge is 0.397 e. The van der Waals surface area contributed by atoms with Crippen LogP contribution in [0.5, 0.6) is 0 Å². The van der Waals surface area contributed by atoms with Gasteiger partial charge in [-0.2, -0.15) is 0 Å². The fourth-order valence-electron chi connectivity index (χ4n) is 0. The van der Waals surface area contributed by atoms with Crippen LogP contribution in [-0.4, -0.2) is 22.2 Å². The van der Waals surface area contributed by atoms with E-state index in [0.29, 0.717) is 0 Å². The summed E-state index contributed by atoms with van der Waals surface area (Å²) in [6.07, 6.45) is 0. The number of hydrogen-bond acceptors (Lipinski definition) is 3. The molecule has 0 aliphatic carbocycles. The zero-order valence-electron chi connectivity index (χ0n) is 4.73. The second-order valence-corrected chi connectivity index (χ2v) is 1.55. The summed E-state index contributed by atoms with van der Waals surface area (Å²) in [5.41, 5.74) is 0. The molecule has 0 fully saturated rings. The molecule has 0 aromatic heterocycles. The van der Waals surface area contributed by atoms with Crippen LogP contribution >= 0.6 is 23.2 Å². The number of rotatable bonds is 1. The number of carbonyl (C=O) groups excluding carboxylic acids is 2. The minimum Gasteiger partial charge on any atom is -0.397 e. The van der Waals surface area contributed by atoms with Gasteiger partial charge in [0.1, 0.15) is 0 Å². The summed E-state index contributed by atoms with van der Waals surface area (Å²) in [4.78, 5) is 18.9. The van der Waals surface area contributed by atoms with Crippen LogP contribution in [0.2, 0.25) is 0 Å². The van der Waals surface area contributed by atoms with E-state index in [9.17, 15) is 9.59 Å². The van der Waals surface area contributed by atoms with Gasteiger partial charge in [0.2, 0.25) is 0 Å². The SMILES string of the molecule is CCO.O=C(Cl)C(=O)Cl. The number of aliphatic hydroxyl groups excluding tert-OH is 1. The average Bonchev–Trinajstić information content (AvgIpc) is 1.68. The molecule has 0 rings (SSSR count). The van der Waals surface area contributed by atoms with Crippen molar-refractivity contribution in [1.82, 2.24) is 0 Å². The van der Waals surface area contributed by atoms with Crippen molar-refractivity contribution >= 4 is 33.7 Å². The van der Waals surface area contributed by atoms with E-state index >= 15 is 0 Å². The molecule has 0 radical (unpaired) electrons. The number of hydrogen-bond donors (Lipinski definition) is 1. The van der Waals surface area contributed by atoms with Gasteiger partial charge < -0.3 is 5.11 Å². The van der Waals surface area contributed by atoms with Gasteiger partial charge in [-0.05, 0) is 30.1 Å². The van der Waals surface area contributed by atoms with E-state index in [-0.39, 0.29) is 6.61 Å². The highest BCUT2D eigenvalue weighted by Gasteiger charge is 2.01. The van der Waals surface area contributed by atoms with E-state index in [4.69, 9.17) is 5.11 Å². The maximum atomic E-state index is 9.43. The normalized spacial score (nSPS) is 7.11. The first-order valence-corrected chi connectivity index (χ1v) is 2.82. The van der Waals surface area contributed by atoms with Crippen molar-refractivity contribution < 1.29 is 14.7 Å². The topological polar surface area (TPSA) is 54.4 Å². The molecule has 0 aromatic rings. The van der Waals surface area contributed by atoms with Crippen LogP contribution < -0.4 is 0 Å². The van der Waals surface area contributed by atoms with Gasteiger partial charge in [0.25, 0.3) is 0 Å². The first-order valence-electron chi connectivity index (χ1n) is 2.06. The molecule has 0 saturated heterocycles. The molecule has 0 heterocycles. The Kier molecular flexibility index (Phi) is 10.2. The third kappa shape index (κ3) is 18.1. The number of halogens is 2. The van der Waals surface area contributed by atoms with Gasteiger partial charge in [0.15, 0.2) is 0 Å². The predicted octanol–water partition coefficient (Wildman–Crippen LogP) is 0.516. The zero-order chi connectivity index (χ0) is 7.86. The maximum absolute atomic E-state index is 9.43. The predicted molar refractivity (Wildman–Crippen MR) is 34.5 cm³/mol. The highest BCUT2D eigenvalue weighted by atomic mass is 35.5. The summed E-state index contributed by atoms with van der Waals surface area (Å²) >= 11 is 8.98. The molecule has 0 atom stereocenters. The molecular formula is C4H6Cl2O3. The van der Waals surface area contributed by atoms with Crippen molar-refractivity contribution in [3.8, 4) is 0 Å². The number of carbonyl (C=O) groups is 2. The highest BCUT2D eigenvalue weighted by molar-refractivity contribution is 6.97. The van der Waals surface area contributed by atoms with Crippen molar-refractivity contribution in [2.45, 2.75) is 6.92 Å². The van der Waals surface area contributed by atoms with Crippen molar-refractivity contribution in [3.63, 3.8) is 0 Å². The van der Waals surface area contributed by atoms with Gasteiger partial charge in [0.05, 0.1) is 0 Å². The molecule has 0 amide bonds. The first kappa shape index (κ1) is 11.6. The Balaban J connectivity index is 0. The molecule has 0 saturated carbocycles. The minimum atomic E-state index is -1.14. The quantitative estimate of drug-likeness (QED) is 0.464. The zero-order valence-corrected chi connectivity index (χ0v) is 6.24. The van der Waals surface area contributed by atoms with E-state index < -0.39 is 10.5 Å². The van der Waals surface area contributed by atoms with Gasteiger partial charge >= 0.3 is 10.5 Å². The molecule has 0 aliphatic rings. The van der Waals surface area contributed by atoms with Gasteiger partial charge in [-0.25, -0.2) is 0 Å². The molecule has 0 aromatic carbocycles. The number of aliphatic hydroxyl groups is 1. The van der Waals surface area contributed by atoms with Crippen LogP contribution in [0.25, 0.3) is 0 Å². The van der Waals surface area contributed by atoms with E-state index in [0.717, 1.165) is 0 Å². The van der Waals surface area contributed by atoms with Gasteiger partial charge in [-0.3, -0.25) is 9.59 Å². The summed E-state index contributed by atoms with van der Waals surface area (Å²) in [5.74, 6) is 0. The summed E-state index contributed by atoms with van der Waals surface area (Å²) in [6, 6.07) is 0. The lowest BCUT2D eigenvalue weighted by Crippen LogP contribution is -1.94. The summed E-state index contributed by atoms with van der Waals surface area (Å²) in [5, 5.41) is 5.29. The van der Waals surface area contributed by atoms with Crippen molar-refractivity contribution in [3.05, 3.63) is 0 Å². The van der Waals surface area contributed by atoms with Gasteiger partial charge in [-0.15, -0.1) is 0 Å². The lowest BCUT2D eigenvalue weighted by atomic mass is 10.9. The average molecular weight is 173 g/mol. The standard InChI is InChI=1S/C2Cl2O2.C2H6O/c3-1(5)2(4)6;1-2-3/h;3H,2H2,1H3. The fourth-order valence-corrected chi connectivity index (χ4v) is 0. The monoisotopic (exact) mass is 172 g/mol. The Morgan fingerprint density at radius 3 is 1.44 bits per heavy atom. The van der Waals surface area contributed by atoms with Crippen LogP contribution in [0.1, 0.15) is 6.92 Å².